The lowest BCUT2D eigenvalue weighted by molar-refractivity contribution is 0.0368. The van der Waals surface area contributed by atoms with Crippen LogP contribution < -0.4 is 5.73 Å². The fourth-order valence-corrected chi connectivity index (χ4v) is 3.68. The van der Waals surface area contributed by atoms with E-state index in [9.17, 15) is 12.8 Å². The second-order valence-electron chi connectivity index (χ2n) is 4.59. The Bertz CT molecular complexity index is 633. The topological polar surface area (TPSA) is 96.5 Å². The number of sulfonamides is 1. The molecule has 1 heterocycles. The fraction of sp³-hybridized carbons (Fsp3) is 0.417. The molecule has 0 saturated carbocycles. The van der Waals surface area contributed by atoms with E-state index in [0.717, 1.165) is 6.07 Å². The average molecular weight is 301 g/mol. The van der Waals surface area contributed by atoms with Crippen LogP contribution in [0.3, 0.4) is 0 Å². The summed E-state index contributed by atoms with van der Waals surface area (Å²) in [6, 6.07) is 3.64. The van der Waals surface area contributed by atoms with Gasteiger partial charge in [-0.25, -0.2) is 12.8 Å². The quantitative estimate of drug-likeness (QED) is 0.626. The third-order valence-corrected chi connectivity index (χ3v) is 5.15. The molecular weight excluding hydrogens is 285 g/mol. The van der Waals surface area contributed by atoms with E-state index in [1.165, 1.54) is 16.4 Å². The lowest BCUT2D eigenvalue weighted by atomic mass is 10.2. The second-order valence-corrected chi connectivity index (χ2v) is 6.49. The number of hydrogen-bond donors (Lipinski definition) is 2. The highest BCUT2D eigenvalue weighted by atomic mass is 32.2. The van der Waals surface area contributed by atoms with Gasteiger partial charge in [-0.1, -0.05) is 6.07 Å². The minimum absolute atomic E-state index is 0.0341. The number of nitrogens with one attached hydrogen (secondary N) is 1. The zero-order chi connectivity index (χ0) is 14.9. The average Bonchev–Trinajstić information content (AvgIpc) is 2.41. The van der Waals surface area contributed by atoms with Crippen molar-refractivity contribution in [3.8, 4) is 0 Å². The van der Waals surface area contributed by atoms with Gasteiger partial charge in [-0.15, -0.1) is 0 Å². The summed E-state index contributed by atoms with van der Waals surface area (Å²) < 4.78 is 44.7. The number of halogens is 1. The molecule has 20 heavy (non-hydrogen) atoms. The molecule has 1 atom stereocenters. The molecule has 8 heteroatoms. The normalized spacial score (nSPS) is 20.8. The predicted octanol–water partition coefficient (Wildman–Crippen LogP) is 0.460. The number of amidine groups is 1. The van der Waals surface area contributed by atoms with Crippen LogP contribution in [0.5, 0.6) is 0 Å². The Morgan fingerprint density at radius 1 is 1.55 bits per heavy atom. The van der Waals surface area contributed by atoms with Crippen LogP contribution >= 0.6 is 0 Å². The standard InChI is InChI=1S/C12H16FN3O3S/c1-8-2-3-9(13)6-11(8)20(17,18)16-4-5-19-10(7-16)12(14)15/h2-3,6,10H,4-5,7H2,1H3,(H3,14,15). The summed E-state index contributed by atoms with van der Waals surface area (Å²) in [5.74, 6) is -0.827. The van der Waals surface area contributed by atoms with E-state index in [2.05, 4.69) is 0 Å². The van der Waals surface area contributed by atoms with Crippen molar-refractivity contribution >= 4 is 15.9 Å². The van der Waals surface area contributed by atoms with Crippen LogP contribution in [0.1, 0.15) is 5.56 Å². The molecule has 0 bridgehead atoms. The van der Waals surface area contributed by atoms with Gasteiger partial charge in [-0.05, 0) is 24.6 Å². The lowest BCUT2D eigenvalue weighted by Crippen LogP contribution is -2.50. The molecule has 0 radical (unpaired) electrons. The first-order valence-electron chi connectivity index (χ1n) is 6.04. The Hall–Kier alpha value is -1.51. The highest BCUT2D eigenvalue weighted by Gasteiger charge is 2.33. The zero-order valence-corrected chi connectivity index (χ0v) is 11.8. The van der Waals surface area contributed by atoms with Crippen LogP contribution in [-0.4, -0.2) is 44.4 Å². The van der Waals surface area contributed by atoms with Gasteiger partial charge >= 0.3 is 0 Å². The maximum absolute atomic E-state index is 13.3. The van der Waals surface area contributed by atoms with Gasteiger partial charge in [0, 0.05) is 13.1 Å². The summed E-state index contributed by atoms with van der Waals surface area (Å²) in [5, 5.41) is 7.34. The summed E-state index contributed by atoms with van der Waals surface area (Å²) in [7, 11) is -3.82. The van der Waals surface area contributed by atoms with Crippen molar-refractivity contribution in [1.29, 1.82) is 5.41 Å². The summed E-state index contributed by atoms with van der Waals surface area (Å²) in [6.45, 7) is 1.88. The highest BCUT2D eigenvalue weighted by Crippen LogP contribution is 2.22. The lowest BCUT2D eigenvalue weighted by Gasteiger charge is -2.31. The van der Waals surface area contributed by atoms with E-state index in [-0.39, 0.29) is 30.4 Å². The van der Waals surface area contributed by atoms with Gasteiger partial charge in [-0.3, -0.25) is 5.41 Å². The van der Waals surface area contributed by atoms with Crippen LogP contribution in [0.15, 0.2) is 23.1 Å². The number of rotatable bonds is 3. The van der Waals surface area contributed by atoms with Gasteiger partial charge in [-0.2, -0.15) is 4.31 Å². The smallest absolute Gasteiger partial charge is 0.243 e. The van der Waals surface area contributed by atoms with Gasteiger partial charge in [0.1, 0.15) is 17.8 Å². The number of hydrogen-bond acceptors (Lipinski definition) is 4. The maximum atomic E-state index is 13.3. The van der Waals surface area contributed by atoms with Crippen molar-refractivity contribution < 1.29 is 17.5 Å². The third-order valence-electron chi connectivity index (χ3n) is 3.14. The molecule has 1 aromatic carbocycles. The largest absolute Gasteiger partial charge is 0.385 e. The molecule has 1 fully saturated rings. The van der Waals surface area contributed by atoms with E-state index in [0.29, 0.717) is 5.56 Å². The van der Waals surface area contributed by atoms with Crippen molar-refractivity contribution in [3.05, 3.63) is 29.6 Å². The number of ether oxygens (including phenoxy) is 1. The second kappa shape index (κ2) is 5.47. The van der Waals surface area contributed by atoms with E-state index >= 15 is 0 Å². The van der Waals surface area contributed by atoms with Gasteiger partial charge in [0.25, 0.3) is 0 Å². The first-order valence-corrected chi connectivity index (χ1v) is 7.48. The fourth-order valence-electron chi connectivity index (χ4n) is 2.02. The summed E-state index contributed by atoms with van der Waals surface area (Å²) in [6.07, 6.45) is -0.757. The number of morpholine rings is 1. The van der Waals surface area contributed by atoms with Crippen LogP contribution in [0.2, 0.25) is 0 Å². The van der Waals surface area contributed by atoms with Gasteiger partial charge in [0.2, 0.25) is 10.0 Å². The molecule has 0 aromatic heterocycles. The van der Waals surface area contributed by atoms with Crippen LogP contribution in [0, 0.1) is 18.2 Å². The number of nitrogens with two attached hydrogens (primary N) is 1. The molecule has 3 N–H and O–H groups in total. The zero-order valence-electron chi connectivity index (χ0n) is 11.0. The minimum Gasteiger partial charge on any atom is -0.385 e. The molecule has 2 rings (SSSR count). The molecule has 1 aliphatic heterocycles. The van der Waals surface area contributed by atoms with E-state index in [1.807, 2.05) is 0 Å². The number of aryl methyl sites for hydroxylation is 1. The highest BCUT2D eigenvalue weighted by molar-refractivity contribution is 7.89. The summed E-state index contributed by atoms with van der Waals surface area (Å²) >= 11 is 0. The molecule has 1 aromatic rings. The van der Waals surface area contributed by atoms with Crippen LogP contribution in [0.4, 0.5) is 4.39 Å². The monoisotopic (exact) mass is 301 g/mol. The molecule has 110 valence electrons. The van der Waals surface area contributed by atoms with Gasteiger partial charge in [0.15, 0.2) is 0 Å². The van der Waals surface area contributed by atoms with E-state index < -0.39 is 21.9 Å². The molecule has 0 amide bonds. The van der Waals surface area contributed by atoms with Crippen LogP contribution in [0.25, 0.3) is 0 Å². The molecule has 0 aliphatic carbocycles. The summed E-state index contributed by atoms with van der Waals surface area (Å²) in [4.78, 5) is -0.0679. The number of nitrogens with zero attached hydrogens (tertiary/aromatic N) is 1. The minimum atomic E-state index is -3.82. The van der Waals surface area contributed by atoms with Crippen molar-refractivity contribution in [1.82, 2.24) is 4.31 Å². The predicted molar refractivity (Wildman–Crippen MR) is 71.5 cm³/mol. The van der Waals surface area contributed by atoms with Crippen LogP contribution in [-0.2, 0) is 14.8 Å². The molecule has 6 nitrogen and oxygen atoms in total. The third kappa shape index (κ3) is 2.82. The first kappa shape index (κ1) is 14.9. The molecule has 1 aliphatic rings. The van der Waals surface area contributed by atoms with Crippen molar-refractivity contribution in [3.63, 3.8) is 0 Å². The van der Waals surface area contributed by atoms with Gasteiger partial charge < -0.3 is 10.5 Å². The Labute approximate surface area is 116 Å². The van der Waals surface area contributed by atoms with Gasteiger partial charge in [0.05, 0.1) is 11.5 Å². The Kier molecular flexibility index (Phi) is 4.07. The Morgan fingerprint density at radius 3 is 2.90 bits per heavy atom. The molecular formula is C12H16FN3O3S. The molecule has 1 saturated heterocycles. The molecule has 1 unspecified atom stereocenters. The molecule has 0 spiro atoms. The van der Waals surface area contributed by atoms with Crippen molar-refractivity contribution in [2.45, 2.75) is 17.9 Å². The Balaban J connectivity index is 2.35. The maximum Gasteiger partial charge on any atom is 0.243 e. The SMILES string of the molecule is Cc1ccc(F)cc1S(=O)(=O)N1CCOC(C(=N)N)C1. The van der Waals surface area contributed by atoms with E-state index in [1.54, 1.807) is 6.92 Å². The van der Waals surface area contributed by atoms with Crippen molar-refractivity contribution in [2.75, 3.05) is 19.7 Å². The first-order chi connectivity index (χ1) is 9.32. The van der Waals surface area contributed by atoms with E-state index in [4.69, 9.17) is 15.9 Å². The Morgan fingerprint density at radius 2 is 2.25 bits per heavy atom. The van der Waals surface area contributed by atoms with Crippen molar-refractivity contribution in [2.24, 2.45) is 5.73 Å². The summed E-state index contributed by atoms with van der Waals surface area (Å²) in [5.41, 5.74) is 5.81. The number of benzene rings is 1.